The Labute approximate surface area is 199 Å². The molecule has 4 rings (SSSR count). The summed E-state index contributed by atoms with van der Waals surface area (Å²) < 4.78 is 11.5. The zero-order valence-electron chi connectivity index (χ0n) is 19.8. The third-order valence-corrected chi connectivity index (χ3v) is 5.59. The average molecular weight is 457 g/mol. The number of carbonyl (C=O) groups excluding carboxylic acids is 2. The topological polar surface area (TPSA) is 67.9 Å². The van der Waals surface area contributed by atoms with Gasteiger partial charge in [0.1, 0.15) is 17.2 Å². The molecule has 0 saturated carbocycles. The van der Waals surface area contributed by atoms with Crippen LogP contribution in [0.15, 0.2) is 72.4 Å². The van der Waals surface area contributed by atoms with Crippen molar-refractivity contribution in [3.63, 3.8) is 0 Å². The zero-order valence-corrected chi connectivity index (χ0v) is 19.8. The van der Waals surface area contributed by atoms with Gasteiger partial charge in [0.25, 0.3) is 11.8 Å². The molecule has 3 aromatic rings. The van der Waals surface area contributed by atoms with Crippen LogP contribution in [0.25, 0.3) is 5.57 Å². The molecule has 6 nitrogen and oxygen atoms in total. The predicted octanol–water partition coefficient (Wildman–Crippen LogP) is 5.50. The van der Waals surface area contributed by atoms with Crippen LogP contribution in [0.4, 0.5) is 11.4 Å². The minimum Gasteiger partial charge on any atom is -0.492 e. The Bertz CT molecular complexity index is 1280. The highest BCUT2D eigenvalue weighted by Crippen LogP contribution is 2.39. The molecule has 0 atom stereocenters. The first kappa shape index (κ1) is 23.1. The van der Waals surface area contributed by atoms with Crippen LogP contribution >= 0.6 is 0 Å². The third kappa shape index (κ3) is 4.27. The number of carbonyl (C=O) groups is 2. The summed E-state index contributed by atoms with van der Waals surface area (Å²) in [6, 6.07) is 20.3. The first-order valence-corrected chi connectivity index (χ1v) is 11.4. The second-order valence-corrected chi connectivity index (χ2v) is 7.97. The summed E-state index contributed by atoms with van der Waals surface area (Å²) >= 11 is 0. The molecule has 0 saturated heterocycles. The Hall–Kier alpha value is -4.06. The largest absolute Gasteiger partial charge is 0.492 e. The van der Waals surface area contributed by atoms with Gasteiger partial charge in [-0.25, -0.2) is 4.90 Å². The van der Waals surface area contributed by atoms with Crippen LogP contribution in [0.1, 0.15) is 30.5 Å². The van der Waals surface area contributed by atoms with Crippen LogP contribution in [0, 0.1) is 13.8 Å². The van der Waals surface area contributed by atoms with E-state index in [4.69, 9.17) is 9.47 Å². The normalized spacial score (nSPS) is 13.5. The highest BCUT2D eigenvalue weighted by molar-refractivity contribution is 6.46. The summed E-state index contributed by atoms with van der Waals surface area (Å²) in [5.74, 6) is 0.229. The van der Waals surface area contributed by atoms with E-state index in [9.17, 15) is 9.59 Å². The van der Waals surface area contributed by atoms with E-state index in [1.54, 1.807) is 18.2 Å². The molecule has 174 valence electrons. The Balaban J connectivity index is 1.87. The van der Waals surface area contributed by atoms with Gasteiger partial charge in [0, 0.05) is 0 Å². The van der Waals surface area contributed by atoms with E-state index >= 15 is 0 Å². The molecule has 1 N–H and O–H groups in total. The van der Waals surface area contributed by atoms with Gasteiger partial charge in [-0.05, 0) is 63.1 Å². The van der Waals surface area contributed by atoms with E-state index in [0.29, 0.717) is 47.2 Å². The number of hydrogen-bond donors (Lipinski definition) is 1. The number of amides is 2. The smallest absolute Gasteiger partial charge is 0.282 e. The molecular weight excluding hydrogens is 428 g/mol. The summed E-state index contributed by atoms with van der Waals surface area (Å²) in [7, 11) is 0. The molecule has 3 aromatic carbocycles. The van der Waals surface area contributed by atoms with Crippen LogP contribution in [-0.4, -0.2) is 25.0 Å². The van der Waals surface area contributed by atoms with Crippen molar-refractivity contribution in [2.45, 2.75) is 27.7 Å². The molecule has 6 heteroatoms. The number of para-hydroxylation sites is 4. The van der Waals surface area contributed by atoms with Crippen LogP contribution in [0.5, 0.6) is 11.5 Å². The molecule has 1 aliphatic heterocycles. The Morgan fingerprint density at radius 1 is 0.794 bits per heavy atom. The Kier molecular flexibility index (Phi) is 6.68. The summed E-state index contributed by atoms with van der Waals surface area (Å²) in [5.41, 5.74) is 4.24. The molecule has 0 bridgehead atoms. The van der Waals surface area contributed by atoms with E-state index in [-0.39, 0.29) is 5.70 Å². The SMILES string of the molecule is CCOc1ccccc1NC1=C(c2ccc(C)cc2C)C(=O)N(c2ccccc2OCC)C1=O. The van der Waals surface area contributed by atoms with E-state index in [1.807, 2.05) is 76.2 Å². The molecule has 0 fully saturated rings. The average Bonchev–Trinajstić information content (AvgIpc) is 3.05. The van der Waals surface area contributed by atoms with Crippen molar-refractivity contribution in [3.05, 3.63) is 89.1 Å². The van der Waals surface area contributed by atoms with Gasteiger partial charge in [-0.2, -0.15) is 0 Å². The van der Waals surface area contributed by atoms with E-state index in [0.717, 1.165) is 11.1 Å². The van der Waals surface area contributed by atoms with Crippen molar-refractivity contribution >= 4 is 28.8 Å². The summed E-state index contributed by atoms with van der Waals surface area (Å²) in [6.07, 6.45) is 0. The van der Waals surface area contributed by atoms with Gasteiger partial charge in [-0.15, -0.1) is 0 Å². The Morgan fingerprint density at radius 2 is 1.44 bits per heavy atom. The molecule has 1 aliphatic rings. The number of nitrogens with one attached hydrogen (secondary N) is 1. The lowest BCUT2D eigenvalue weighted by molar-refractivity contribution is -0.120. The first-order valence-electron chi connectivity index (χ1n) is 11.4. The predicted molar refractivity (Wildman–Crippen MR) is 134 cm³/mol. The number of imide groups is 1. The standard InChI is InChI=1S/C28H28N2O4/c1-5-33-23-13-9-7-11-21(23)29-26-25(20-16-15-18(3)17-19(20)4)27(31)30(28(26)32)22-12-8-10-14-24(22)34-6-2/h7-17,29H,5-6H2,1-4H3. The van der Waals surface area contributed by atoms with Crippen molar-refractivity contribution in [1.29, 1.82) is 0 Å². The number of benzene rings is 3. The molecule has 0 spiro atoms. The maximum atomic E-state index is 13.8. The molecule has 0 aliphatic carbocycles. The fourth-order valence-corrected chi connectivity index (χ4v) is 4.11. The second-order valence-electron chi connectivity index (χ2n) is 7.97. The van der Waals surface area contributed by atoms with Crippen molar-refractivity contribution in [1.82, 2.24) is 0 Å². The highest BCUT2D eigenvalue weighted by atomic mass is 16.5. The zero-order chi connectivity index (χ0) is 24.2. The third-order valence-electron chi connectivity index (χ3n) is 5.59. The molecule has 2 amide bonds. The van der Waals surface area contributed by atoms with Gasteiger partial charge in [-0.1, -0.05) is 48.0 Å². The molecule has 0 aromatic heterocycles. The van der Waals surface area contributed by atoms with Gasteiger partial charge >= 0.3 is 0 Å². The summed E-state index contributed by atoms with van der Waals surface area (Å²) in [5, 5.41) is 3.22. The molecule has 34 heavy (non-hydrogen) atoms. The lowest BCUT2D eigenvalue weighted by Gasteiger charge is -2.19. The molecular formula is C28H28N2O4. The molecule has 0 radical (unpaired) electrons. The number of ether oxygens (including phenoxy) is 2. The number of hydrogen-bond acceptors (Lipinski definition) is 5. The van der Waals surface area contributed by atoms with E-state index in [1.165, 1.54) is 4.90 Å². The van der Waals surface area contributed by atoms with Crippen LogP contribution in [-0.2, 0) is 9.59 Å². The van der Waals surface area contributed by atoms with Crippen molar-refractivity contribution in [2.24, 2.45) is 0 Å². The van der Waals surface area contributed by atoms with Crippen molar-refractivity contribution < 1.29 is 19.1 Å². The minimum atomic E-state index is -0.446. The van der Waals surface area contributed by atoms with Crippen LogP contribution in [0.3, 0.4) is 0 Å². The lowest BCUT2D eigenvalue weighted by atomic mass is 9.97. The monoisotopic (exact) mass is 456 g/mol. The second kappa shape index (κ2) is 9.83. The van der Waals surface area contributed by atoms with Gasteiger partial charge in [-0.3, -0.25) is 9.59 Å². The fourth-order valence-electron chi connectivity index (χ4n) is 4.11. The first-order chi connectivity index (χ1) is 16.5. The highest BCUT2D eigenvalue weighted by Gasteiger charge is 2.42. The quantitative estimate of drug-likeness (QED) is 0.454. The molecule has 1 heterocycles. The van der Waals surface area contributed by atoms with Gasteiger partial charge in [0.05, 0.1) is 30.2 Å². The number of anilines is 2. The van der Waals surface area contributed by atoms with Crippen LogP contribution < -0.4 is 19.7 Å². The maximum Gasteiger partial charge on any atom is 0.282 e. The van der Waals surface area contributed by atoms with Crippen LogP contribution in [0.2, 0.25) is 0 Å². The van der Waals surface area contributed by atoms with E-state index in [2.05, 4.69) is 5.32 Å². The fraction of sp³-hybridized carbons (Fsp3) is 0.214. The van der Waals surface area contributed by atoms with Gasteiger partial charge in [0.2, 0.25) is 0 Å². The lowest BCUT2D eigenvalue weighted by Crippen LogP contribution is -2.32. The number of nitrogens with zero attached hydrogens (tertiary/aromatic N) is 1. The van der Waals surface area contributed by atoms with E-state index < -0.39 is 11.8 Å². The Morgan fingerprint density at radius 3 is 2.15 bits per heavy atom. The van der Waals surface area contributed by atoms with Crippen molar-refractivity contribution in [3.8, 4) is 11.5 Å². The van der Waals surface area contributed by atoms with Gasteiger partial charge in [0.15, 0.2) is 0 Å². The molecule has 0 unspecified atom stereocenters. The maximum absolute atomic E-state index is 13.8. The minimum absolute atomic E-state index is 0.204. The number of aryl methyl sites for hydroxylation is 2. The summed E-state index contributed by atoms with van der Waals surface area (Å²) in [4.78, 5) is 28.8. The van der Waals surface area contributed by atoms with Gasteiger partial charge < -0.3 is 14.8 Å². The number of rotatable bonds is 8. The van der Waals surface area contributed by atoms with Crippen molar-refractivity contribution in [2.75, 3.05) is 23.4 Å². The summed E-state index contributed by atoms with van der Waals surface area (Å²) in [6.45, 7) is 8.58.